The lowest BCUT2D eigenvalue weighted by Gasteiger charge is -2.31. The van der Waals surface area contributed by atoms with E-state index in [9.17, 15) is 0 Å². The molecule has 1 fully saturated rings. The SMILES string of the molecule is CCC(C=COC)C1CCC1. The Morgan fingerprint density at radius 3 is 2.64 bits per heavy atom. The summed E-state index contributed by atoms with van der Waals surface area (Å²) in [7, 11) is 1.71. The van der Waals surface area contributed by atoms with Gasteiger partial charge in [0.25, 0.3) is 0 Å². The van der Waals surface area contributed by atoms with Crippen LogP contribution in [0.25, 0.3) is 0 Å². The minimum atomic E-state index is 0.767. The summed E-state index contributed by atoms with van der Waals surface area (Å²) < 4.78 is 4.91. The highest BCUT2D eigenvalue weighted by molar-refractivity contribution is 4.90. The van der Waals surface area contributed by atoms with Crippen molar-refractivity contribution in [2.75, 3.05) is 7.11 Å². The van der Waals surface area contributed by atoms with Gasteiger partial charge in [-0.1, -0.05) is 13.3 Å². The van der Waals surface area contributed by atoms with Crippen LogP contribution < -0.4 is 0 Å². The molecule has 0 amide bonds. The van der Waals surface area contributed by atoms with E-state index >= 15 is 0 Å². The summed E-state index contributed by atoms with van der Waals surface area (Å²) in [5.41, 5.74) is 0. The lowest BCUT2D eigenvalue weighted by molar-refractivity contribution is 0.231. The van der Waals surface area contributed by atoms with Crippen LogP contribution >= 0.6 is 0 Å². The molecule has 0 bridgehead atoms. The van der Waals surface area contributed by atoms with Gasteiger partial charge in [-0.3, -0.25) is 0 Å². The van der Waals surface area contributed by atoms with Gasteiger partial charge in [-0.15, -0.1) is 0 Å². The molecule has 1 nitrogen and oxygen atoms in total. The van der Waals surface area contributed by atoms with Crippen LogP contribution in [0.2, 0.25) is 0 Å². The Hall–Kier alpha value is -0.460. The highest BCUT2D eigenvalue weighted by Gasteiger charge is 2.23. The first-order chi connectivity index (χ1) is 5.38. The fraction of sp³-hybridized carbons (Fsp3) is 0.800. The smallest absolute Gasteiger partial charge is 0.0787 e. The number of ether oxygens (including phenoxy) is 1. The fourth-order valence-corrected chi connectivity index (χ4v) is 1.67. The van der Waals surface area contributed by atoms with Crippen molar-refractivity contribution in [3.8, 4) is 0 Å². The zero-order valence-electron chi connectivity index (χ0n) is 7.55. The molecule has 0 aromatic carbocycles. The molecule has 0 saturated heterocycles. The lowest BCUT2D eigenvalue weighted by Crippen LogP contribution is -2.19. The van der Waals surface area contributed by atoms with E-state index in [1.165, 1.54) is 25.7 Å². The second kappa shape index (κ2) is 4.42. The van der Waals surface area contributed by atoms with Crippen molar-refractivity contribution < 1.29 is 4.74 Å². The van der Waals surface area contributed by atoms with Crippen LogP contribution in [0.15, 0.2) is 12.3 Å². The maximum atomic E-state index is 4.91. The molecule has 1 heteroatoms. The van der Waals surface area contributed by atoms with E-state index in [-0.39, 0.29) is 0 Å². The summed E-state index contributed by atoms with van der Waals surface area (Å²) in [6, 6.07) is 0. The molecule has 0 aliphatic heterocycles. The number of hydrogen-bond acceptors (Lipinski definition) is 1. The third kappa shape index (κ3) is 2.25. The Labute approximate surface area is 69.4 Å². The van der Waals surface area contributed by atoms with Gasteiger partial charge in [0.15, 0.2) is 0 Å². The predicted octanol–water partition coefficient (Wildman–Crippen LogP) is 2.97. The van der Waals surface area contributed by atoms with Crippen molar-refractivity contribution >= 4 is 0 Å². The van der Waals surface area contributed by atoms with Crippen LogP contribution in [-0.4, -0.2) is 7.11 Å². The van der Waals surface area contributed by atoms with Gasteiger partial charge in [-0.2, -0.15) is 0 Å². The van der Waals surface area contributed by atoms with E-state index < -0.39 is 0 Å². The molecule has 64 valence electrons. The van der Waals surface area contributed by atoms with Crippen molar-refractivity contribution in [2.24, 2.45) is 11.8 Å². The van der Waals surface area contributed by atoms with Crippen LogP contribution in [0, 0.1) is 11.8 Å². The average molecular weight is 154 g/mol. The second-order valence-electron chi connectivity index (χ2n) is 3.33. The van der Waals surface area contributed by atoms with Crippen molar-refractivity contribution in [3.63, 3.8) is 0 Å². The Kier molecular flexibility index (Phi) is 3.47. The molecule has 1 unspecified atom stereocenters. The molecule has 11 heavy (non-hydrogen) atoms. The lowest BCUT2D eigenvalue weighted by atomic mass is 9.75. The molecule has 0 heterocycles. The van der Waals surface area contributed by atoms with Crippen molar-refractivity contribution in [3.05, 3.63) is 12.3 Å². The fourth-order valence-electron chi connectivity index (χ4n) is 1.67. The zero-order valence-corrected chi connectivity index (χ0v) is 7.55. The van der Waals surface area contributed by atoms with E-state index in [2.05, 4.69) is 13.0 Å². The first-order valence-corrected chi connectivity index (χ1v) is 4.58. The first-order valence-electron chi connectivity index (χ1n) is 4.58. The Morgan fingerprint density at radius 2 is 2.27 bits per heavy atom. The van der Waals surface area contributed by atoms with Gasteiger partial charge in [0.05, 0.1) is 13.4 Å². The number of rotatable bonds is 4. The monoisotopic (exact) mass is 154 g/mol. The van der Waals surface area contributed by atoms with Crippen molar-refractivity contribution in [1.29, 1.82) is 0 Å². The van der Waals surface area contributed by atoms with Gasteiger partial charge < -0.3 is 4.74 Å². The van der Waals surface area contributed by atoms with E-state index in [4.69, 9.17) is 4.74 Å². The molecule has 1 rings (SSSR count). The third-order valence-electron chi connectivity index (χ3n) is 2.69. The van der Waals surface area contributed by atoms with E-state index in [1.54, 1.807) is 7.11 Å². The molecule has 1 aliphatic carbocycles. The van der Waals surface area contributed by atoms with Gasteiger partial charge in [-0.25, -0.2) is 0 Å². The molecule has 0 spiro atoms. The van der Waals surface area contributed by atoms with E-state index in [0.717, 1.165) is 11.8 Å². The molecule has 1 saturated carbocycles. The van der Waals surface area contributed by atoms with E-state index in [0.29, 0.717) is 0 Å². The Morgan fingerprint density at radius 1 is 1.55 bits per heavy atom. The maximum Gasteiger partial charge on any atom is 0.0787 e. The Balaban J connectivity index is 2.29. The molecule has 0 N–H and O–H groups in total. The maximum absolute atomic E-state index is 4.91. The zero-order chi connectivity index (χ0) is 8.10. The average Bonchev–Trinajstić information content (AvgIpc) is 1.93. The van der Waals surface area contributed by atoms with E-state index in [1.807, 2.05) is 6.26 Å². The van der Waals surface area contributed by atoms with Crippen molar-refractivity contribution in [2.45, 2.75) is 32.6 Å². The molecular formula is C10H18O. The summed E-state index contributed by atoms with van der Waals surface area (Å²) in [6.45, 7) is 2.25. The highest BCUT2D eigenvalue weighted by atomic mass is 16.5. The molecule has 0 aromatic rings. The highest BCUT2D eigenvalue weighted by Crippen LogP contribution is 2.35. The summed E-state index contributed by atoms with van der Waals surface area (Å²) in [5, 5.41) is 0. The Bertz CT molecular complexity index is 125. The summed E-state index contributed by atoms with van der Waals surface area (Å²) >= 11 is 0. The minimum Gasteiger partial charge on any atom is -0.505 e. The summed E-state index contributed by atoms with van der Waals surface area (Å²) in [5.74, 6) is 1.72. The molecule has 1 atom stereocenters. The molecule has 0 radical (unpaired) electrons. The number of methoxy groups -OCH3 is 1. The van der Waals surface area contributed by atoms with Gasteiger partial charge >= 0.3 is 0 Å². The molecular weight excluding hydrogens is 136 g/mol. The summed E-state index contributed by atoms with van der Waals surface area (Å²) in [6.07, 6.45) is 9.57. The first kappa shape index (κ1) is 8.63. The van der Waals surface area contributed by atoms with Crippen LogP contribution in [-0.2, 0) is 4.74 Å². The second-order valence-corrected chi connectivity index (χ2v) is 3.33. The van der Waals surface area contributed by atoms with Crippen LogP contribution in [0.1, 0.15) is 32.6 Å². The third-order valence-corrected chi connectivity index (χ3v) is 2.69. The topological polar surface area (TPSA) is 9.23 Å². The standard InChI is InChI=1S/C10H18O/c1-3-9(7-8-11-2)10-5-4-6-10/h7-10H,3-6H2,1-2H3. The minimum absolute atomic E-state index is 0.767. The van der Waals surface area contributed by atoms with Gasteiger partial charge in [0, 0.05) is 0 Å². The summed E-state index contributed by atoms with van der Waals surface area (Å²) in [4.78, 5) is 0. The van der Waals surface area contributed by atoms with Gasteiger partial charge in [-0.05, 0) is 37.2 Å². The quantitative estimate of drug-likeness (QED) is 0.566. The molecule has 1 aliphatic rings. The van der Waals surface area contributed by atoms with Gasteiger partial charge in [0.1, 0.15) is 0 Å². The number of hydrogen-bond donors (Lipinski definition) is 0. The molecule has 0 aromatic heterocycles. The van der Waals surface area contributed by atoms with Gasteiger partial charge in [0.2, 0.25) is 0 Å². The van der Waals surface area contributed by atoms with Crippen LogP contribution in [0.5, 0.6) is 0 Å². The largest absolute Gasteiger partial charge is 0.505 e. The van der Waals surface area contributed by atoms with Crippen LogP contribution in [0.4, 0.5) is 0 Å². The normalized spacial score (nSPS) is 21.6. The number of allylic oxidation sites excluding steroid dienone is 1. The predicted molar refractivity (Wildman–Crippen MR) is 47.3 cm³/mol. The van der Waals surface area contributed by atoms with Crippen LogP contribution in [0.3, 0.4) is 0 Å². The van der Waals surface area contributed by atoms with Crippen molar-refractivity contribution in [1.82, 2.24) is 0 Å².